The number of nitrogen functional groups attached to an aromatic ring is 1. The molecule has 3 aromatic rings. The van der Waals surface area contributed by atoms with E-state index in [4.69, 9.17) is 15.2 Å². The van der Waals surface area contributed by atoms with E-state index in [0.717, 1.165) is 16.7 Å². The second-order valence-corrected chi connectivity index (χ2v) is 6.39. The fraction of sp³-hybridized carbons (Fsp3) is 0.368. The molecular formula is C19H26N6O2. The lowest BCUT2D eigenvalue weighted by Crippen LogP contribution is -2.32. The van der Waals surface area contributed by atoms with Crippen LogP contribution in [0.3, 0.4) is 0 Å². The molecule has 0 aliphatic rings. The molecule has 2 aromatic heterocycles. The van der Waals surface area contributed by atoms with Crippen LogP contribution in [0.1, 0.15) is 13.8 Å². The lowest BCUT2D eigenvalue weighted by atomic mass is 10.2. The minimum atomic E-state index is -0.0200. The van der Waals surface area contributed by atoms with E-state index < -0.39 is 0 Å². The van der Waals surface area contributed by atoms with Crippen molar-refractivity contribution in [2.45, 2.75) is 26.0 Å². The van der Waals surface area contributed by atoms with Crippen LogP contribution in [0, 0.1) is 0 Å². The van der Waals surface area contributed by atoms with Crippen LogP contribution < -0.4 is 16.4 Å². The Hall–Kier alpha value is -2.84. The van der Waals surface area contributed by atoms with Gasteiger partial charge in [-0.15, -0.1) is 0 Å². The van der Waals surface area contributed by atoms with Gasteiger partial charge in [-0.25, -0.2) is 0 Å². The minimum Gasteiger partial charge on any atom is -0.399 e. The first-order valence-corrected chi connectivity index (χ1v) is 8.91. The summed E-state index contributed by atoms with van der Waals surface area (Å²) in [6, 6.07) is 9.51. The average Bonchev–Trinajstić information content (AvgIpc) is 3.10. The highest BCUT2D eigenvalue weighted by atomic mass is 16.5. The van der Waals surface area contributed by atoms with Gasteiger partial charge in [0, 0.05) is 24.7 Å². The van der Waals surface area contributed by atoms with Crippen LogP contribution in [0.2, 0.25) is 0 Å². The quantitative estimate of drug-likeness (QED) is 0.338. The average molecular weight is 370 g/mol. The van der Waals surface area contributed by atoms with Crippen molar-refractivity contribution in [3.63, 3.8) is 0 Å². The third-order valence-electron chi connectivity index (χ3n) is 4.29. The van der Waals surface area contributed by atoms with Crippen LogP contribution >= 0.6 is 0 Å². The van der Waals surface area contributed by atoms with E-state index in [1.807, 2.05) is 50.4 Å². The first-order valence-electron chi connectivity index (χ1n) is 8.91. The molecule has 1 aromatic carbocycles. The van der Waals surface area contributed by atoms with Crippen LogP contribution in [0.15, 0.2) is 36.5 Å². The maximum absolute atomic E-state index is 5.87. The lowest BCUT2D eigenvalue weighted by Gasteiger charge is -2.22. The van der Waals surface area contributed by atoms with E-state index in [9.17, 15) is 0 Å². The molecule has 144 valence electrons. The van der Waals surface area contributed by atoms with E-state index in [1.54, 1.807) is 7.11 Å². The first-order chi connectivity index (χ1) is 13.1. The summed E-state index contributed by atoms with van der Waals surface area (Å²) in [5, 5.41) is 7.54. The van der Waals surface area contributed by atoms with E-state index in [0.29, 0.717) is 30.7 Å². The van der Waals surface area contributed by atoms with Crippen molar-refractivity contribution in [2.75, 3.05) is 36.7 Å². The van der Waals surface area contributed by atoms with Crippen LogP contribution in [-0.4, -0.2) is 47.4 Å². The van der Waals surface area contributed by atoms with Crippen LogP contribution in [-0.2, 0) is 9.47 Å². The predicted molar refractivity (Wildman–Crippen MR) is 108 cm³/mol. The molecule has 0 aliphatic heterocycles. The summed E-state index contributed by atoms with van der Waals surface area (Å²) in [6.45, 7) is 5.15. The Bertz CT molecular complexity index is 882. The predicted octanol–water partition coefficient (Wildman–Crippen LogP) is 3.14. The third kappa shape index (κ3) is 4.87. The van der Waals surface area contributed by atoms with Crippen molar-refractivity contribution < 1.29 is 9.47 Å². The van der Waals surface area contributed by atoms with E-state index in [2.05, 4.69) is 25.6 Å². The number of aromatic amines is 1. The van der Waals surface area contributed by atoms with Crippen molar-refractivity contribution >= 4 is 34.2 Å². The molecule has 0 aliphatic carbocycles. The number of nitrogens with two attached hydrogens (primary N) is 1. The number of rotatable bonds is 9. The van der Waals surface area contributed by atoms with Crippen LogP contribution in [0.4, 0.5) is 23.1 Å². The summed E-state index contributed by atoms with van der Waals surface area (Å²) in [7, 11) is 1.66. The zero-order chi connectivity index (χ0) is 19.2. The van der Waals surface area contributed by atoms with Gasteiger partial charge in [-0.1, -0.05) is 6.07 Å². The van der Waals surface area contributed by atoms with Crippen molar-refractivity contribution in [3.05, 3.63) is 36.5 Å². The van der Waals surface area contributed by atoms with E-state index in [1.165, 1.54) is 0 Å². The molecule has 8 nitrogen and oxygen atoms in total. The number of ether oxygens (including phenoxy) is 2. The maximum atomic E-state index is 5.87. The highest BCUT2D eigenvalue weighted by Gasteiger charge is 2.16. The zero-order valence-electron chi connectivity index (χ0n) is 15.8. The summed E-state index contributed by atoms with van der Waals surface area (Å²) in [5.74, 6) is 1.22. The Balaban J connectivity index is 1.78. The molecule has 8 heteroatoms. The van der Waals surface area contributed by atoms with Gasteiger partial charge in [-0.2, -0.15) is 9.97 Å². The molecule has 2 heterocycles. The van der Waals surface area contributed by atoms with Gasteiger partial charge in [0.15, 0.2) is 0 Å². The monoisotopic (exact) mass is 370 g/mol. The molecule has 0 amide bonds. The van der Waals surface area contributed by atoms with E-state index >= 15 is 0 Å². The molecule has 0 bridgehead atoms. The van der Waals surface area contributed by atoms with Crippen LogP contribution in [0.5, 0.6) is 0 Å². The van der Waals surface area contributed by atoms with Crippen molar-refractivity contribution in [1.29, 1.82) is 0 Å². The number of methoxy groups -OCH3 is 1. The summed E-state index contributed by atoms with van der Waals surface area (Å²) in [6.07, 6.45) is 1.82. The number of fused-ring (bicyclic) bond motifs is 1. The number of H-pyrrole nitrogens is 1. The highest BCUT2D eigenvalue weighted by molar-refractivity contribution is 5.90. The second-order valence-electron chi connectivity index (χ2n) is 6.39. The number of hydrogen-bond acceptors (Lipinski definition) is 7. The summed E-state index contributed by atoms with van der Waals surface area (Å²) in [4.78, 5) is 12.3. The van der Waals surface area contributed by atoms with Gasteiger partial charge in [0.25, 0.3) is 0 Å². The molecule has 0 saturated heterocycles. The molecule has 0 radical (unpaired) electrons. The molecular weight excluding hydrogens is 344 g/mol. The number of nitrogens with one attached hydrogen (secondary N) is 3. The number of anilines is 4. The number of hydrogen-bond donors (Lipinski definition) is 4. The van der Waals surface area contributed by atoms with Gasteiger partial charge < -0.3 is 30.8 Å². The van der Waals surface area contributed by atoms with Crippen LogP contribution in [0.25, 0.3) is 11.0 Å². The van der Waals surface area contributed by atoms with Gasteiger partial charge in [0.05, 0.1) is 30.7 Å². The van der Waals surface area contributed by atoms with Crippen molar-refractivity contribution in [2.24, 2.45) is 0 Å². The molecule has 0 saturated carbocycles. The maximum Gasteiger partial charge on any atom is 0.226 e. The minimum absolute atomic E-state index is 0.0200. The first kappa shape index (κ1) is 18.9. The van der Waals surface area contributed by atoms with Gasteiger partial charge >= 0.3 is 0 Å². The molecule has 0 fully saturated rings. The zero-order valence-corrected chi connectivity index (χ0v) is 15.8. The molecule has 0 spiro atoms. The Morgan fingerprint density at radius 2 is 2.04 bits per heavy atom. The van der Waals surface area contributed by atoms with E-state index in [-0.39, 0.29) is 12.1 Å². The Morgan fingerprint density at radius 1 is 1.19 bits per heavy atom. The molecule has 2 atom stereocenters. The fourth-order valence-corrected chi connectivity index (χ4v) is 2.64. The van der Waals surface area contributed by atoms with Gasteiger partial charge in [-0.05, 0) is 38.1 Å². The highest BCUT2D eigenvalue weighted by Crippen LogP contribution is 2.25. The number of nitrogens with zero attached hydrogens (tertiary/aromatic N) is 2. The molecule has 3 rings (SSSR count). The van der Waals surface area contributed by atoms with Gasteiger partial charge in [0.2, 0.25) is 5.95 Å². The lowest BCUT2D eigenvalue weighted by molar-refractivity contribution is 0.0199. The number of aromatic nitrogens is 3. The van der Waals surface area contributed by atoms with Gasteiger partial charge in [0.1, 0.15) is 11.5 Å². The Labute approximate surface area is 158 Å². The van der Waals surface area contributed by atoms with Crippen molar-refractivity contribution in [3.8, 4) is 0 Å². The van der Waals surface area contributed by atoms with Crippen molar-refractivity contribution in [1.82, 2.24) is 15.0 Å². The topological polar surface area (TPSA) is 110 Å². The van der Waals surface area contributed by atoms with Gasteiger partial charge in [-0.3, -0.25) is 0 Å². The Kier molecular flexibility index (Phi) is 6.10. The normalized spacial score (nSPS) is 13.4. The summed E-state index contributed by atoms with van der Waals surface area (Å²) >= 11 is 0. The SMILES string of the molecule is COCCOC(C)C(C)Nc1nc(Nc2cccc(N)c2)c2cc[nH]c2n1. The number of benzene rings is 1. The summed E-state index contributed by atoms with van der Waals surface area (Å²) in [5.41, 5.74) is 8.17. The second kappa shape index (κ2) is 8.70. The Morgan fingerprint density at radius 3 is 2.81 bits per heavy atom. The standard InChI is InChI=1S/C19H26N6O2/c1-12(13(2)27-10-9-26-3)22-19-24-17-16(7-8-21-17)18(25-19)23-15-6-4-5-14(20)11-15/h4-8,11-13H,9-10,20H2,1-3H3,(H3,21,22,23,24,25). The third-order valence-corrected chi connectivity index (χ3v) is 4.29. The molecule has 5 N–H and O–H groups in total. The largest absolute Gasteiger partial charge is 0.399 e. The summed E-state index contributed by atoms with van der Waals surface area (Å²) < 4.78 is 10.8. The molecule has 2 unspecified atom stereocenters. The molecule has 27 heavy (non-hydrogen) atoms. The smallest absolute Gasteiger partial charge is 0.226 e. The fourth-order valence-electron chi connectivity index (χ4n) is 2.64.